The van der Waals surface area contributed by atoms with E-state index in [-0.39, 0.29) is 12.3 Å². The summed E-state index contributed by atoms with van der Waals surface area (Å²) in [5, 5.41) is 8.10. The third-order valence-corrected chi connectivity index (χ3v) is 6.23. The summed E-state index contributed by atoms with van der Waals surface area (Å²) in [6, 6.07) is 12.6. The summed E-state index contributed by atoms with van der Waals surface area (Å²) in [7, 11) is 2.10. The van der Waals surface area contributed by atoms with E-state index in [0.717, 1.165) is 22.5 Å². The Morgan fingerprint density at radius 2 is 1.97 bits per heavy atom. The Morgan fingerprint density at radius 3 is 2.70 bits per heavy atom. The molecule has 0 radical (unpaired) electrons. The zero-order valence-electron chi connectivity index (χ0n) is 16.5. The molecule has 1 aliphatic rings. The summed E-state index contributed by atoms with van der Waals surface area (Å²) < 4.78 is 24.2. The Morgan fingerprint density at radius 1 is 1.17 bits per heavy atom. The molecule has 0 spiro atoms. The Labute approximate surface area is 181 Å². The number of hydrogen-bond acceptors (Lipinski definition) is 5. The number of fused-ring (bicyclic) bond motifs is 1. The van der Waals surface area contributed by atoms with Crippen LogP contribution in [0.5, 0.6) is 11.5 Å². The molecule has 4 rings (SSSR count). The zero-order chi connectivity index (χ0) is 21.3. The van der Waals surface area contributed by atoms with E-state index in [0.29, 0.717) is 33.8 Å². The first-order valence-corrected chi connectivity index (χ1v) is 11.1. The van der Waals surface area contributed by atoms with Crippen molar-refractivity contribution in [3.8, 4) is 17.2 Å². The largest absolute Gasteiger partial charge is 0.493 e. The predicted octanol–water partition coefficient (Wildman–Crippen LogP) is 3.49. The van der Waals surface area contributed by atoms with Crippen LogP contribution in [0.4, 0.5) is 5.82 Å². The van der Waals surface area contributed by atoms with Crippen LogP contribution in [0, 0.1) is 0 Å². The van der Waals surface area contributed by atoms with Gasteiger partial charge in [-0.05, 0) is 35.9 Å². The second-order valence-corrected chi connectivity index (χ2v) is 8.70. The normalized spacial score (nSPS) is 15.0. The molecule has 9 heteroatoms. The molecule has 2 aromatic carbocycles. The molecule has 1 aromatic heterocycles. The quantitative estimate of drug-likeness (QED) is 0.628. The average Bonchev–Trinajstić information content (AvgIpc) is 3.24. The third-order valence-electron chi connectivity index (χ3n) is 4.79. The van der Waals surface area contributed by atoms with Crippen molar-refractivity contribution in [2.75, 3.05) is 19.5 Å². The maximum atomic E-state index is 12.8. The number of benzene rings is 2. The van der Waals surface area contributed by atoms with Gasteiger partial charge in [-0.2, -0.15) is 5.10 Å². The van der Waals surface area contributed by atoms with Gasteiger partial charge in [0.25, 0.3) is 0 Å². The van der Waals surface area contributed by atoms with E-state index in [4.69, 9.17) is 21.1 Å². The van der Waals surface area contributed by atoms with Gasteiger partial charge in [-0.25, -0.2) is 4.68 Å². The Bertz CT molecular complexity index is 1150. The van der Waals surface area contributed by atoms with E-state index in [2.05, 4.69) is 10.4 Å². The molecular weight excluding hydrogens is 426 g/mol. The van der Waals surface area contributed by atoms with Crippen LogP contribution in [0.15, 0.2) is 42.5 Å². The third kappa shape index (κ3) is 4.06. The fraction of sp³-hybridized carbons (Fsp3) is 0.238. The van der Waals surface area contributed by atoms with Crippen LogP contribution >= 0.6 is 11.6 Å². The fourth-order valence-corrected chi connectivity index (χ4v) is 4.85. The van der Waals surface area contributed by atoms with Crippen molar-refractivity contribution >= 4 is 34.1 Å². The van der Waals surface area contributed by atoms with E-state index in [1.807, 2.05) is 18.2 Å². The molecule has 0 saturated heterocycles. The van der Waals surface area contributed by atoms with Crippen molar-refractivity contribution in [1.82, 2.24) is 9.78 Å². The molecular formula is C21H20ClN3O4S. The van der Waals surface area contributed by atoms with Gasteiger partial charge in [0.05, 0.1) is 43.5 Å². The van der Waals surface area contributed by atoms with E-state index in [1.165, 1.54) is 0 Å². The molecule has 0 bridgehead atoms. The predicted molar refractivity (Wildman–Crippen MR) is 116 cm³/mol. The fourth-order valence-electron chi connectivity index (χ4n) is 3.40. The van der Waals surface area contributed by atoms with Gasteiger partial charge < -0.3 is 14.8 Å². The molecule has 30 heavy (non-hydrogen) atoms. The second-order valence-electron chi connectivity index (χ2n) is 6.81. The van der Waals surface area contributed by atoms with E-state index < -0.39 is 10.8 Å². The highest BCUT2D eigenvalue weighted by molar-refractivity contribution is 7.83. The van der Waals surface area contributed by atoms with Gasteiger partial charge >= 0.3 is 0 Å². The van der Waals surface area contributed by atoms with Gasteiger partial charge in [0.1, 0.15) is 5.82 Å². The minimum Gasteiger partial charge on any atom is -0.493 e. The number of amides is 1. The lowest BCUT2D eigenvalue weighted by atomic mass is 10.1. The van der Waals surface area contributed by atoms with Crippen molar-refractivity contribution in [3.05, 3.63) is 64.3 Å². The number of anilines is 1. The van der Waals surface area contributed by atoms with Crippen molar-refractivity contribution < 1.29 is 18.5 Å². The first kappa shape index (κ1) is 20.4. The molecule has 2 heterocycles. The standard InChI is InChI=1S/C21H20ClN3O4S/c1-28-18-7-6-13(8-19(18)29-2)9-20(26)23-21-16-11-30(27)12-17(16)24-25(21)15-5-3-4-14(22)10-15/h3-8,10H,9,11-12H2,1-2H3,(H,23,26). The van der Waals surface area contributed by atoms with Crippen molar-refractivity contribution in [3.63, 3.8) is 0 Å². The molecule has 0 saturated carbocycles. The minimum atomic E-state index is -1.01. The van der Waals surface area contributed by atoms with Crippen LogP contribution in [0.3, 0.4) is 0 Å². The molecule has 1 amide bonds. The van der Waals surface area contributed by atoms with Crippen LogP contribution in [0.1, 0.15) is 16.8 Å². The summed E-state index contributed by atoms with van der Waals surface area (Å²) in [5.74, 6) is 2.21. The first-order valence-electron chi connectivity index (χ1n) is 9.21. The monoisotopic (exact) mass is 445 g/mol. The maximum Gasteiger partial charge on any atom is 0.229 e. The number of rotatable bonds is 6. The lowest BCUT2D eigenvalue weighted by Crippen LogP contribution is -2.18. The second kappa shape index (κ2) is 8.49. The summed E-state index contributed by atoms with van der Waals surface area (Å²) in [6.07, 6.45) is 0.138. The molecule has 1 atom stereocenters. The van der Waals surface area contributed by atoms with Gasteiger partial charge in [-0.15, -0.1) is 0 Å². The Balaban J connectivity index is 1.62. The topological polar surface area (TPSA) is 82.5 Å². The van der Waals surface area contributed by atoms with Crippen molar-refractivity contribution in [2.24, 2.45) is 0 Å². The first-order chi connectivity index (χ1) is 14.5. The number of hydrogen-bond donors (Lipinski definition) is 1. The number of carbonyl (C=O) groups excluding carboxylic acids is 1. The molecule has 7 nitrogen and oxygen atoms in total. The molecule has 3 aromatic rings. The molecule has 1 N–H and O–H groups in total. The number of aromatic nitrogens is 2. The van der Waals surface area contributed by atoms with Crippen LogP contribution in [0.25, 0.3) is 5.69 Å². The maximum absolute atomic E-state index is 12.8. The molecule has 1 aliphatic heterocycles. The van der Waals surface area contributed by atoms with E-state index in [9.17, 15) is 9.00 Å². The number of halogens is 1. The SMILES string of the molecule is COc1ccc(CC(=O)Nc2c3c(nn2-c2cccc(Cl)c2)CS(=O)C3)cc1OC. The van der Waals surface area contributed by atoms with Crippen LogP contribution in [0.2, 0.25) is 5.02 Å². The molecule has 0 aliphatic carbocycles. The van der Waals surface area contributed by atoms with E-state index >= 15 is 0 Å². The number of nitrogens with zero attached hydrogens (tertiary/aromatic N) is 2. The Kier molecular flexibility index (Phi) is 5.78. The zero-order valence-corrected chi connectivity index (χ0v) is 18.0. The molecule has 156 valence electrons. The average molecular weight is 446 g/mol. The van der Waals surface area contributed by atoms with Crippen LogP contribution in [-0.2, 0) is 33.5 Å². The lowest BCUT2D eigenvalue weighted by molar-refractivity contribution is -0.115. The number of carbonyl (C=O) groups is 1. The Hall–Kier alpha value is -2.84. The smallest absolute Gasteiger partial charge is 0.229 e. The summed E-state index contributed by atoms with van der Waals surface area (Å²) in [5.41, 5.74) is 3.03. The van der Waals surface area contributed by atoms with Crippen LogP contribution in [-0.4, -0.2) is 34.1 Å². The van der Waals surface area contributed by atoms with Gasteiger partial charge in [-0.1, -0.05) is 23.7 Å². The highest BCUT2D eigenvalue weighted by atomic mass is 35.5. The van der Waals surface area contributed by atoms with Gasteiger partial charge in [-0.3, -0.25) is 9.00 Å². The number of nitrogens with one attached hydrogen (secondary N) is 1. The summed E-state index contributed by atoms with van der Waals surface area (Å²) >= 11 is 6.13. The summed E-state index contributed by atoms with van der Waals surface area (Å²) in [4.78, 5) is 12.8. The highest BCUT2D eigenvalue weighted by Gasteiger charge is 2.28. The van der Waals surface area contributed by atoms with E-state index in [1.54, 1.807) is 43.2 Å². The molecule has 1 unspecified atom stereocenters. The van der Waals surface area contributed by atoms with Crippen LogP contribution < -0.4 is 14.8 Å². The highest BCUT2D eigenvalue weighted by Crippen LogP contribution is 2.32. The molecule has 0 fully saturated rings. The summed E-state index contributed by atoms with van der Waals surface area (Å²) in [6.45, 7) is 0. The van der Waals surface area contributed by atoms with Crippen molar-refractivity contribution in [1.29, 1.82) is 0 Å². The number of methoxy groups -OCH3 is 2. The lowest BCUT2D eigenvalue weighted by Gasteiger charge is -2.12. The van der Waals surface area contributed by atoms with Crippen molar-refractivity contribution in [2.45, 2.75) is 17.9 Å². The van der Waals surface area contributed by atoms with Gasteiger partial charge in [0, 0.05) is 21.4 Å². The number of ether oxygens (including phenoxy) is 2. The van der Waals surface area contributed by atoms with Gasteiger partial charge in [0.15, 0.2) is 11.5 Å². The minimum absolute atomic E-state index is 0.138. The van der Waals surface area contributed by atoms with Gasteiger partial charge in [0.2, 0.25) is 5.91 Å².